The molecule has 0 bridgehead atoms. The zero-order valence-corrected chi connectivity index (χ0v) is 24.0. The average molecular weight is 575 g/mol. The van der Waals surface area contributed by atoms with Crippen molar-refractivity contribution < 1.29 is 22.9 Å². The van der Waals surface area contributed by atoms with Gasteiger partial charge in [-0.1, -0.05) is 0 Å². The number of nitrogens with zero attached hydrogens (tertiary/aromatic N) is 3. The molecule has 3 N–H and O–H groups in total. The van der Waals surface area contributed by atoms with Crippen molar-refractivity contribution in [3.05, 3.63) is 54.3 Å². The van der Waals surface area contributed by atoms with Crippen molar-refractivity contribution in [3.63, 3.8) is 0 Å². The predicted octanol–water partition coefficient (Wildman–Crippen LogP) is 1.79. The van der Waals surface area contributed by atoms with Gasteiger partial charge in [-0.25, -0.2) is 0 Å². The maximum atomic E-state index is 15.5. The Labute approximate surface area is 238 Å². The predicted molar refractivity (Wildman–Crippen MR) is 154 cm³/mol. The Morgan fingerprint density at radius 2 is 2.23 bits per heavy atom. The van der Waals surface area contributed by atoms with E-state index in [1.54, 1.807) is 33.2 Å². The van der Waals surface area contributed by atoms with Gasteiger partial charge in [-0.05, 0) is 0 Å². The molecule has 40 heavy (non-hydrogen) atoms. The van der Waals surface area contributed by atoms with Crippen LogP contribution in [0.5, 0.6) is 0 Å². The van der Waals surface area contributed by atoms with Crippen LogP contribution in [0.25, 0.3) is 0 Å². The Morgan fingerprint density at radius 3 is 2.80 bits per heavy atom. The molecule has 2 unspecified atom stereocenters. The first kappa shape index (κ1) is 30.4. The third kappa shape index (κ3) is 5.48. The van der Waals surface area contributed by atoms with E-state index in [9.17, 15) is 13.7 Å². The third-order valence-electron chi connectivity index (χ3n) is 8.59. The third-order valence-corrected chi connectivity index (χ3v) is 10.6. The fourth-order valence-corrected chi connectivity index (χ4v) is 8.10. The number of ether oxygens (including phenoxy) is 1. The monoisotopic (exact) mass is 574 g/mol. The van der Waals surface area contributed by atoms with Crippen molar-refractivity contribution in [1.82, 2.24) is 24.8 Å². The Morgan fingerprint density at radius 1 is 1.50 bits per heavy atom. The maximum absolute atomic E-state index is 15.5. The van der Waals surface area contributed by atoms with Crippen LogP contribution in [-0.2, 0) is 16.1 Å². The van der Waals surface area contributed by atoms with Crippen molar-refractivity contribution in [2.45, 2.75) is 49.0 Å². The molecule has 3 fully saturated rings. The minimum absolute atomic E-state index is 0.00437. The van der Waals surface area contributed by atoms with Crippen LogP contribution < -0.4 is 10.6 Å². The molecular weight excluding hydrogens is 537 g/mol. The zero-order chi connectivity index (χ0) is 29.2. The number of likely N-dealkylation sites (tertiary alicyclic amines) is 1. The minimum atomic E-state index is -1.69. The molecule has 9 nitrogen and oxygen atoms in total. The van der Waals surface area contributed by atoms with Crippen molar-refractivity contribution >= 4 is 36.4 Å². The SMILES string of the molecule is B=C(F)C(C/C(=C\C)NC(=O)c1ccc(F)cn1)[C@@]1(C=C)NC(=N)N(C)[S+]([O-])[C@]12CCN(CC1CC(OC)C1)C2. The van der Waals surface area contributed by atoms with Gasteiger partial charge in [0.1, 0.15) is 0 Å². The normalized spacial score (nSPS) is 31.4. The van der Waals surface area contributed by atoms with Gasteiger partial charge in [0.15, 0.2) is 0 Å². The number of nitrogens with one attached hydrogen (secondary N) is 3. The van der Waals surface area contributed by atoms with E-state index in [1.807, 2.05) is 0 Å². The summed E-state index contributed by atoms with van der Waals surface area (Å²) in [5.74, 6) is -1.81. The topological polar surface area (TPSA) is 117 Å². The van der Waals surface area contributed by atoms with Crippen molar-refractivity contribution in [2.75, 3.05) is 33.8 Å². The van der Waals surface area contributed by atoms with Crippen LogP contribution in [0.4, 0.5) is 8.78 Å². The van der Waals surface area contributed by atoms with Crippen LogP contribution in [0.1, 0.15) is 43.1 Å². The molecule has 3 heterocycles. The molecule has 1 amide bonds. The van der Waals surface area contributed by atoms with Crippen molar-refractivity contribution in [2.24, 2.45) is 11.8 Å². The number of allylic oxidation sites excluding steroid dienone is 2. The fraction of sp³-hybridized carbons (Fsp3) is 0.556. The van der Waals surface area contributed by atoms with E-state index in [2.05, 4.69) is 34.6 Å². The second kappa shape index (κ2) is 12.1. The van der Waals surface area contributed by atoms with Crippen LogP contribution in [0.3, 0.4) is 0 Å². The Hall–Kier alpha value is -2.61. The van der Waals surface area contributed by atoms with Crippen LogP contribution in [-0.4, -0.2) is 94.0 Å². The van der Waals surface area contributed by atoms with E-state index in [-0.39, 0.29) is 24.2 Å². The number of rotatable bonds is 10. The summed E-state index contributed by atoms with van der Waals surface area (Å²) in [4.78, 5) is 18.9. The summed E-state index contributed by atoms with van der Waals surface area (Å²) >= 11 is -1.69. The number of hydrogen-bond acceptors (Lipinski definition) is 6. The molecule has 3 aliphatic rings. The van der Waals surface area contributed by atoms with Crippen LogP contribution in [0.2, 0.25) is 0 Å². The molecule has 1 aromatic heterocycles. The van der Waals surface area contributed by atoms with E-state index >= 15 is 4.39 Å². The van der Waals surface area contributed by atoms with E-state index in [0.717, 1.165) is 31.6 Å². The van der Waals surface area contributed by atoms with Gasteiger partial charge < -0.3 is 0 Å². The van der Waals surface area contributed by atoms with E-state index < -0.39 is 45.0 Å². The Balaban J connectivity index is 1.63. The van der Waals surface area contributed by atoms with Gasteiger partial charge in [-0.3, -0.25) is 0 Å². The number of hydrogen-bond donors (Lipinski definition) is 3. The number of pyridine rings is 1. The molecule has 4 atom stereocenters. The van der Waals surface area contributed by atoms with Crippen molar-refractivity contribution in [1.29, 1.82) is 5.41 Å². The summed E-state index contributed by atoms with van der Waals surface area (Å²) in [6, 6.07) is 2.39. The first-order valence-electron chi connectivity index (χ1n) is 13.3. The molecule has 2 saturated heterocycles. The molecule has 2 aliphatic heterocycles. The molecule has 1 aromatic rings. The molecule has 1 aliphatic carbocycles. The quantitative estimate of drug-likeness (QED) is 0.222. The standard InChI is InChI=1S/C27H37BF2N6O3S/c1-5-19(33-24(37)22-8-7-18(29)14-32-22)13-21(23(28)30)27(6-2)26(40(38)35(3)25(31)34-27)9-10-36(16-26)15-17-11-20(12-17)39-4/h5-8,14,17,20-21,28H,2,9-13,15-16H2,1,3-4H3,(H2,31,34)(H,33,37)/b19-5+/t17?,20?,21?,26-,27+,40?/m0/s1. The van der Waals surface area contributed by atoms with Gasteiger partial charge >= 0.3 is 238 Å². The van der Waals surface area contributed by atoms with E-state index in [0.29, 0.717) is 31.1 Å². The number of halogens is 2. The van der Waals surface area contributed by atoms with Crippen LogP contribution >= 0.6 is 0 Å². The summed E-state index contributed by atoms with van der Waals surface area (Å²) in [5.41, 5.74) is -1.65. The van der Waals surface area contributed by atoms with Gasteiger partial charge in [0.2, 0.25) is 0 Å². The summed E-state index contributed by atoms with van der Waals surface area (Å²) in [7, 11) is 6.93. The molecule has 1 saturated carbocycles. The van der Waals surface area contributed by atoms with Gasteiger partial charge in [0, 0.05) is 0 Å². The molecule has 13 heteroatoms. The van der Waals surface area contributed by atoms with Crippen LogP contribution in [0, 0.1) is 23.1 Å². The Bertz CT molecular complexity index is 1180. The second-order valence-corrected chi connectivity index (χ2v) is 12.6. The van der Waals surface area contributed by atoms with E-state index in [1.165, 1.54) is 10.4 Å². The molecule has 4 rings (SSSR count). The Kier molecular flexibility index (Phi) is 9.18. The number of guanidine groups is 1. The molecule has 0 radical (unpaired) electrons. The van der Waals surface area contributed by atoms with Gasteiger partial charge in [-0.2, -0.15) is 0 Å². The van der Waals surface area contributed by atoms with Gasteiger partial charge in [0.05, 0.1) is 0 Å². The van der Waals surface area contributed by atoms with Crippen LogP contribution in [0.15, 0.2) is 42.8 Å². The molecule has 0 aromatic carbocycles. The van der Waals surface area contributed by atoms with Gasteiger partial charge in [0.25, 0.3) is 0 Å². The number of aromatic nitrogens is 1. The summed E-state index contributed by atoms with van der Waals surface area (Å²) in [6.07, 6.45) is 6.81. The molecule has 216 valence electrons. The first-order valence-corrected chi connectivity index (χ1v) is 14.4. The summed E-state index contributed by atoms with van der Waals surface area (Å²) in [6.45, 7) is 7.63. The molecule has 1 spiro atoms. The van der Waals surface area contributed by atoms with Gasteiger partial charge in [-0.15, -0.1) is 0 Å². The number of carbonyl (C=O) groups excluding carboxylic acids is 1. The zero-order valence-electron chi connectivity index (χ0n) is 23.2. The summed E-state index contributed by atoms with van der Waals surface area (Å²) < 4.78 is 48.7. The summed E-state index contributed by atoms with van der Waals surface area (Å²) in [5, 5.41) is 14.5. The molecular formula is C27H37BF2N6O3S. The second-order valence-electron chi connectivity index (χ2n) is 10.8. The number of amides is 1. The fourth-order valence-electron chi connectivity index (χ4n) is 6.24. The number of carbonyl (C=O) groups is 1. The van der Waals surface area contributed by atoms with E-state index in [4.69, 9.17) is 10.1 Å². The average Bonchev–Trinajstić information content (AvgIpc) is 3.35. The van der Waals surface area contributed by atoms with Crippen molar-refractivity contribution in [3.8, 4) is 0 Å². The number of methoxy groups -OCH3 is 1. The first-order chi connectivity index (χ1) is 19.0.